The summed E-state index contributed by atoms with van der Waals surface area (Å²) < 4.78 is 0. The van der Waals surface area contributed by atoms with E-state index in [1.165, 1.54) is 5.56 Å². The van der Waals surface area contributed by atoms with Crippen LogP contribution in [-0.4, -0.2) is 35.3 Å². The van der Waals surface area contributed by atoms with Crippen LogP contribution in [0, 0.1) is 11.5 Å². The number of hydrogen-bond acceptors (Lipinski definition) is 4. The predicted octanol–water partition coefficient (Wildman–Crippen LogP) is 1.44. The van der Waals surface area contributed by atoms with Crippen molar-refractivity contribution in [2.45, 2.75) is 5.75 Å². The van der Waals surface area contributed by atoms with Crippen molar-refractivity contribution in [3.8, 4) is 6.19 Å². The molecule has 0 aliphatic heterocycles. The van der Waals surface area contributed by atoms with Crippen molar-refractivity contribution >= 4 is 28.8 Å². The van der Waals surface area contributed by atoms with Gasteiger partial charge in [0, 0.05) is 18.6 Å². The number of aliphatic imine (C=N–C) groups is 1. The molecular formula is C13H16N6S. The Labute approximate surface area is 121 Å². The van der Waals surface area contributed by atoms with E-state index < -0.39 is 0 Å². The quantitative estimate of drug-likeness (QED) is 0.255. The van der Waals surface area contributed by atoms with Crippen molar-refractivity contribution in [3.63, 3.8) is 0 Å². The lowest BCUT2D eigenvalue weighted by Crippen LogP contribution is -2.31. The van der Waals surface area contributed by atoms with Crippen molar-refractivity contribution in [3.05, 3.63) is 30.1 Å². The van der Waals surface area contributed by atoms with E-state index in [-0.39, 0.29) is 0 Å². The fourth-order valence-corrected chi connectivity index (χ4v) is 2.49. The first-order valence-electron chi connectivity index (χ1n) is 6.20. The van der Waals surface area contributed by atoms with Crippen LogP contribution in [0.3, 0.4) is 0 Å². The minimum Gasteiger partial charge on any atom is -0.359 e. The number of imidazole rings is 1. The molecule has 1 aromatic heterocycles. The van der Waals surface area contributed by atoms with Gasteiger partial charge in [-0.1, -0.05) is 6.07 Å². The van der Waals surface area contributed by atoms with Gasteiger partial charge in [-0.25, -0.2) is 4.98 Å². The number of guanidine groups is 1. The molecule has 2 aromatic rings. The molecule has 0 spiro atoms. The average molecular weight is 288 g/mol. The fraction of sp³-hybridized carbons (Fsp3) is 0.308. The monoisotopic (exact) mass is 288 g/mol. The largest absolute Gasteiger partial charge is 0.359 e. The lowest BCUT2D eigenvalue weighted by atomic mass is 10.2. The molecule has 0 unspecified atom stereocenters. The SMILES string of the molecule is CN/C(=N/CCSCc1ccc2[nH]cnc2c1)NC#N. The van der Waals surface area contributed by atoms with E-state index >= 15 is 0 Å². The Bertz CT molecular complexity index is 627. The highest BCUT2D eigenvalue weighted by atomic mass is 32.2. The number of aromatic nitrogens is 2. The van der Waals surface area contributed by atoms with E-state index in [2.05, 4.69) is 37.7 Å². The average Bonchev–Trinajstić information content (AvgIpc) is 2.93. The number of nitrogens with one attached hydrogen (secondary N) is 3. The number of aromatic amines is 1. The number of benzene rings is 1. The molecule has 0 amide bonds. The Morgan fingerprint density at radius 3 is 3.25 bits per heavy atom. The Kier molecular flexibility index (Phi) is 5.26. The summed E-state index contributed by atoms with van der Waals surface area (Å²) in [7, 11) is 1.73. The lowest BCUT2D eigenvalue weighted by molar-refractivity contribution is 1.01. The van der Waals surface area contributed by atoms with Crippen LogP contribution in [-0.2, 0) is 5.75 Å². The maximum Gasteiger partial charge on any atom is 0.204 e. The number of nitriles is 1. The second kappa shape index (κ2) is 7.40. The molecule has 6 nitrogen and oxygen atoms in total. The molecule has 3 N–H and O–H groups in total. The first-order chi connectivity index (χ1) is 9.83. The molecule has 0 fully saturated rings. The van der Waals surface area contributed by atoms with Gasteiger partial charge in [0.05, 0.1) is 23.9 Å². The van der Waals surface area contributed by atoms with Gasteiger partial charge in [-0.15, -0.1) is 0 Å². The van der Waals surface area contributed by atoms with Gasteiger partial charge in [0.2, 0.25) is 5.96 Å². The highest BCUT2D eigenvalue weighted by Gasteiger charge is 1.99. The van der Waals surface area contributed by atoms with Crippen LogP contribution in [0.15, 0.2) is 29.5 Å². The zero-order valence-corrected chi connectivity index (χ0v) is 12.0. The molecular weight excluding hydrogens is 272 g/mol. The minimum atomic E-state index is 0.506. The Morgan fingerprint density at radius 2 is 2.45 bits per heavy atom. The summed E-state index contributed by atoms with van der Waals surface area (Å²) in [6.07, 6.45) is 3.55. The van der Waals surface area contributed by atoms with E-state index in [1.54, 1.807) is 25.1 Å². The molecule has 20 heavy (non-hydrogen) atoms. The number of thioether (sulfide) groups is 1. The summed E-state index contributed by atoms with van der Waals surface area (Å²) in [5, 5.41) is 13.8. The predicted molar refractivity (Wildman–Crippen MR) is 82.4 cm³/mol. The molecule has 0 atom stereocenters. The Morgan fingerprint density at radius 1 is 1.55 bits per heavy atom. The topological polar surface area (TPSA) is 88.9 Å². The van der Waals surface area contributed by atoms with Gasteiger partial charge in [0.1, 0.15) is 0 Å². The minimum absolute atomic E-state index is 0.506. The van der Waals surface area contributed by atoms with Gasteiger partial charge in [-0.05, 0) is 17.7 Å². The summed E-state index contributed by atoms with van der Waals surface area (Å²) in [4.78, 5) is 11.6. The van der Waals surface area contributed by atoms with Crippen LogP contribution in [0.2, 0.25) is 0 Å². The van der Waals surface area contributed by atoms with E-state index in [9.17, 15) is 0 Å². The van der Waals surface area contributed by atoms with Crippen LogP contribution in [0.4, 0.5) is 0 Å². The fourth-order valence-electron chi connectivity index (χ4n) is 1.71. The zero-order valence-electron chi connectivity index (χ0n) is 11.2. The first kappa shape index (κ1) is 14.2. The molecule has 0 saturated heterocycles. The Balaban J connectivity index is 1.77. The molecule has 0 radical (unpaired) electrons. The van der Waals surface area contributed by atoms with E-state index in [4.69, 9.17) is 5.26 Å². The first-order valence-corrected chi connectivity index (χ1v) is 7.36. The number of hydrogen-bond donors (Lipinski definition) is 3. The zero-order chi connectivity index (χ0) is 14.2. The molecule has 0 saturated carbocycles. The van der Waals surface area contributed by atoms with Crippen LogP contribution in [0.1, 0.15) is 5.56 Å². The molecule has 2 rings (SSSR count). The van der Waals surface area contributed by atoms with Crippen LogP contribution >= 0.6 is 11.8 Å². The summed E-state index contributed by atoms with van der Waals surface area (Å²) >= 11 is 1.80. The van der Waals surface area contributed by atoms with E-state index in [0.29, 0.717) is 12.5 Å². The maximum absolute atomic E-state index is 8.49. The van der Waals surface area contributed by atoms with Gasteiger partial charge in [-0.3, -0.25) is 10.3 Å². The maximum atomic E-state index is 8.49. The van der Waals surface area contributed by atoms with Crippen LogP contribution in [0.25, 0.3) is 11.0 Å². The normalized spacial score (nSPS) is 11.3. The number of fused-ring (bicyclic) bond motifs is 1. The molecule has 0 bridgehead atoms. The summed E-state index contributed by atoms with van der Waals surface area (Å²) in [6, 6.07) is 6.25. The Hall–Kier alpha value is -2.20. The van der Waals surface area contributed by atoms with Crippen molar-refractivity contribution in [2.24, 2.45) is 4.99 Å². The van der Waals surface area contributed by atoms with Gasteiger partial charge < -0.3 is 10.3 Å². The summed E-state index contributed by atoms with van der Waals surface area (Å²) in [6.45, 7) is 0.667. The molecule has 1 aromatic carbocycles. The second-order valence-corrected chi connectivity index (χ2v) is 5.13. The molecule has 0 aliphatic carbocycles. The summed E-state index contributed by atoms with van der Waals surface area (Å²) in [5.41, 5.74) is 3.31. The number of rotatable bonds is 5. The van der Waals surface area contributed by atoms with Crippen molar-refractivity contribution in [2.75, 3.05) is 19.3 Å². The summed E-state index contributed by atoms with van der Waals surface area (Å²) in [5.74, 6) is 2.33. The molecule has 104 valence electrons. The third kappa shape index (κ3) is 3.90. The molecule has 0 aliphatic rings. The van der Waals surface area contributed by atoms with Crippen molar-refractivity contribution in [1.29, 1.82) is 5.26 Å². The smallest absolute Gasteiger partial charge is 0.204 e. The third-order valence-electron chi connectivity index (χ3n) is 2.67. The standard InChI is InChI=1S/C13H16N6S/c1-15-13(17-8-14)16-4-5-20-7-10-2-3-11-12(6-10)19-9-18-11/h2-3,6,9H,4-5,7H2,1H3,(H,18,19)(H2,15,16,17). The highest BCUT2D eigenvalue weighted by molar-refractivity contribution is 7.98. The lowest BCUT2D eigenvalue weighted by Gasteiger charge is -2.03. The van der Waals surface area contributed by atoms with E-state index in [1.807, 2.05) is 12.3 Å². The van der Waals surface area contributed by atoms with E-state index in [0.717, 1.165) is 22.5 Å². The molecule has 7 heteroatoms. The van der Waals surface area contributed by atoms with Gasteiger partial charge >= 0.3 is 0 Å². The second-order valence-electron chi connectivity index (χ2n) is 4.02. The van der Waals surface area contributed by atoms with Crippen LogP contribution < -0.4 is 10.6 Å². The number of H-pyrrole nitrogens is 1. The third-order valence-corrected chi connectivity index (χ3v) is 3.68. The molecule has 1 heterocycles. The van der Waals surface area contributed by atoms with Gasteiger partial charge in [0.25, 0.3) is 0 Å². The van der Waals surface area contributed by atoms with Crippen LogP contribution in [0.5, 0.6) is 0 Å². The van der Waals surface area contributed by atoms with Crippen molar-refractivity contribution < 1.29 is 0 Å². The van der Waals surface area contributed by atoms with Gasteiger partial charge in [0.15, 0.2) is 6.19 Å². The van der Waals surface area contributed by atoms with Crippen molar-refractivity contribution in [1.82, 2.24) is 20.6 Å². The van der Waals surface area contributed by atoms with Gasteiger partial charge in [-0.2, -0.15) is 17.0 Å². The number of nitrogens with zero attached hydrogens (tertiary/aromatic N) is 3. The highest BCUT2D eigenvalue weighted by Crippen LogP contribution is 2.16.